The number of nitrogens with two attached hydrogens (primary N) is 1. The van der Waals surface area contributed by atoms with E-state index in [9.17, 15) is 4.79 Å². The van der Waals surface area contributed by atoms with Crippen LogP contribution in [0.3, 0.4) is 0 Å². The Hall–Kier alpha value is -1.56. The Kier molecular flexibility index (Phi) is 3.65. The minimum absolute atomic E-state index is 0.428. The number of hydrogen-bond donors (Lipinski definition) is 3. The Morgan fingerprint density at radius 3 is 3.00 bits per heavy atom. The third kappa shape index (κ3) is 2.52. The van der Waals surface area contributed by atoms with Gasteiger partial charge < -0.3 is 15.5 Å². The van der Waals surface area contributed by atoms with E-state index in [1.165, 1.54) is 19.3 Å². The zero-order chi connectivity index (χ0) is 14.1. The Bertz CT molecular complexity index is 664. The highest BCUT2D eigenvalue weighted by molar-refractivity contribution is 7.99. The third-order valence-electron chi connectivity index (χ3n) is 3.94. The van der Waals surface area contributed by atoms with Gasteiger partial charge in [-0.15, -0.1) is 0 Å². The number of hydrogen-bond acceptors (Lipinski definition) is 5. The lowest BCUT2D eigenvalue weighted by Gasteiger charge is -2.32. The maximum atomic E-state index is 11.2. The van der Waals surface area contributed by atoms with Crippen molar-refractivity contribution in [2.45, 2.75) is 37.0 Å². The summed E-state index contributed by atoms with van der Waals surface area (Å²) in [7, 11) is 0. The van der Waals surface area contributed by atoms with Gasteiger partial charge in [-0.3, -0.25) is 4.98 Å². The summed E-state index contributed by atoms with van der Waals surface area (Å²) in [6.45, 7) is 0. The van der Waals surface area contributed by atoms with Crippen LogP contribution in [0.4, 0.5) is 11.4 Å². The average molecular weight is 293 g/mol. The van der Waals surface area contributed by atoms with E-state index < -0.39 is 5.76 Å². The lowest BCUT2D eigenvalue weighted by atomic mass is 9.94. The van der Waals surface area contributed by atoms with Gasteiger partial charge in [-0.05, 0) is 25.2 Å². The summed E-state index contributed by atoms with van der Waals surface area (Å²) in [6.07, 6.45) is 7.10. The van der Waals surface area contributed by atoms with Crippen LogP contribution in [0.15, 0.2) is 21.3 Å². The SMILES string of the molecule is CSC1CCCCC1Nc1cc2[nH]c(=O)oc2cc1N. The fourth-order valence-electron chi connectivity index (χ4n) is 2.88. The van der Waals surface area contributed by atoms with Gasteiger partial charge in [-0.25, -0.2) is 4.79 Å². The van der Waals surface area contributed by atoms with Crippen molar-refractivity contribution in [1.29, 1.82) is 0 Å². The van der Waals surface area contributed by atoms with Gasteiger partial charge in [-0.1, -0.05) is 12.8 Å². The van der Waals surface area contributed by atoms with Crippen LogP contribution in [0.25, 0.3) is 11.1 Å². The zero-order valence-electron chi connectivity index (χ0n) is 11.4. The Balaban J connectivity index is 1.89. The minimum atomic E-state index is -0.448. The van der Waals surface area contributed by atoms with Crippen molar-refractivity contribution in [2.75, 3.05) is 17.3 Å². The van der Waals surface area contributed by atoms with Gasteiger partial charge in [0.15, 0.2) is 5.58 Å². The molecule has 1 aromatic carbocycles. The maximum absolute atomic E-state index is 11.2. The number of nitrogen functional groups attached to an aromatic ring is 1. The van der Waals surface area contributed by atoms with Crippen LogP contribution in [0, 0.1) is 0 Å². The Labute approximate surface area is 121 Å². The predicted octanol–water partition coefficient (Wildman–Crippen LogP) is 2.79. The molecule has 0 radical (unpaired) electrons. The highest BCUT2D eigenvalue weighted by atomic mass is 32.2. The molecule has 1 heterocycles. The topological polar surface area (TPSA) is 84.0 Å². The molecule has 1 aliphatic carbocycles. The summed E-state index contributed by atoms with van der Waals surface area (Å²) in [4.78, 5) is 13.9. The minimum Gasteiger partial charge on any atom is -0.408 e. The lowest BCUT2D eigenvalue weighted by molar-refractivity contribution is 0.475. The summed E-state index contributed by atoms with van der Waals surface area (Å²) in [6, 6.07) is 3.99. The molecule has 0 bridgehead atoms. The molecule has 1 aliphatic rings. The lowest BCUT2D eigenvalue weighted by Crippen LogP contribution is -2.34. The molecule has 0 spiro atoms. The molecule has 0 aliphatic heterocycles. The van der Waals surface area contributed by atoms with Crippen LogP contribution in [0.5, 0.6) is 0 Å². The second-order valence-electron chi connectivity index (χ2n) is 5.26. The van der Waals surface area contributed by atoms with Gasteiger partial charge in [0.2, 0.25) is 0 Å². The van der Waals surface area contributed by atoms with E-state index in [4.69, 9.17) is 10.2 Å². The van der Waals surface area contributed by atoms with Gasteiger partial charge in [-0.2, -0.15) is 11.8 Å². The average Bonchev–Trinajstić information content (AvgIpc) is 2.79. The van der Waals surface area contributed by atoms with Gasteiger partial charge >= 0.3 is 5.76 Å². The van der Waals surface area contributed by atoms with Crippen molar-refractivity contribution in [1.82, 2.24) is 4.98 Å². The van der Waals surface area contributed by atoms with E-state index in [1.807, 2.05) is 17.8 Å². The van der Waals surface area contributed by atoms with Crippen LogP contribution >= 0.6 is 11.8 Å². The molecule has 1 aromatic heterocycles. The number of H-pyrrole nitrogens is 1. The van der Waals surface area contributed by atoms with Crippen LogP contribution in [0.2, 0.25) is 0 Å². The van der Waals surface area contributed by atoms with E-state index in [-0.39, 0.29) is 0 Å². The summed E-state index contributed by atoms with van der Waals surface area (Å²) < 4.78 is 5.01. The van der Waals surface area contributed by atoms with Crippen molar-refractivity contribution in [3.8, 4) is 0 Å². The number of rotatable bonds is 3. The molecule has 1 fully saturated rings. The number of benzene rings is 1. The van der Waals surface area contributed by atoms with Gasteiger partial charge in [0, 0.05) is 17.4 Å². The molecule has 1 saturated carbocycles. The number of aromatic nitrogens is 1. The maximum Gasteiger partial charge on any atom is 0.417 e. The fraction of sp³-hybridized carbons (Fsp3) is 0.500. The van der Waals surface area contributed by atoms with E-state index in [2.05, 4.69) is 16.6 Å². The van der Waals surface area contributed by atoms with Crippen molar-refractivity contribution in [3.63, 3.8) is 0 Å². The molecular weight excluding hydrogens is 274 g/mol. The molecule has 0 saturated heterocycles. The fourth-order valence-corrected chi connectivity index (χ4v) is 3.82. The first kappa shape index (κ1) is 13.4. The molecule has 2 aromatic rings. The number of nitrogens with one attached hydrogen (secondary N) is 2. The molecule has 3 rings (SSSR count). The van der Waals surface area contributed by atoms with E-state index in [1.54, 1.807) is 6.07 Å². The van der Waals surface area contributed by atoms with Gasteiger partial charge in [0.05, 0.1) is 16.9 Å². The van der Waals surface area contributed by atoms with Gasteiger partial charge in [0.25, 0.3) is 0 Å². The number of oxazole rings is 1. The number of aromatic amines is 1. The molecular formula is C14H19N3O2S. The molecule has 0 amide bonds. The molecule has 5 nitrogen and oxygen atoms in total. The first-order valence-corrected chi connectivity index (χ1v) is 8.18. The second-order valence-corrected chi connectivity index (χ2v) is 6.34. The van der Waals surface area contributed by atoms with Crippen LogP contribution in [0.1, 0.15) is 25.7 Å². The number of thioether (sulfide) groups is 1. The molecule has 108 valence electrons. The highest BCUT2D eigenvalue weighted by Crippen LogP contribution is 2.32. The van der Waals surface area contributed by atoms with E-state index >= 15 is 0 Å². The van der Waals surface area contributed by atoms with Crippen molar-refractivity contribution in [2.24, 2.45) is 0 Å². The predicted molar refractivity (Wildman–Crippen MR) is 84.4 cm³/mol. The van der Waals surface area contributed by atoms with Crippen LogP contribution in [-0.4, -0.2) is 22.5 Å². The molecule has 20 heavy (non-hydrogen) atoms. The quantitative estimate of drug-likeness (QED) is 0.758. The molecule has 4 N–H and O–H groups in total. The van der Waals surface area contributed by atoms with Crippen molar-refractivity contribution >= 4 is 34.2 Å². The summed E-state index contributed by atoms with van der Waals surface area (Å²) in [5, 5.41) is 4.16. The first-order valence-electron chi connectivity index (χ1n) is 6.89. The van der Waals surface area contributed by atoms with Crippen molar-refractivity contribution < 1.29 is 4.42 Å². The van der Waals surface area contributed by atoms with Gasteiger partial charge in [0.1, 0.15) is 0 Å². The van der Waals surface area contributed by atoms with E-state index in [0.29, 0.717) is 28.1 Å². The second kappa shape index (κ2) is 5.44. The smallest absolute Gasteiger partial charge is 0.408 e. The summed E-state index contributed by atoms with van der Waals surface area (Å²) in [5.74, 6) is -0.448. The highest BCUT2D eigenvalue weighted by Gasteiger charge is 2.24. The largest absolute Gasteiger partial charge is 0.417 e. The Morgan fingerprint density at radius 2 is 2.20 bits per heavy atom. The normalized spacial score (nSPS) is 23.1. The number of anilines is 2. The zero-order valence-corrected chi connectivity index (χ0v) is 12.3. The van der Waals surface area contributed by atoms with Crippen molar-refractivity contribution in [3.05, 3.63) is 22.7 Å². The summed E-state index contributed by atoms with van der Waals surface area (Å²) in [5.41, 5.74) is 8.73. The van der Waals surface area contributed by atoms with Crippen LogP contribution < -0.4 is 16.8 Å². The van der Waals surface area contributed by atoms with E-state index in [0.717, 1.165) is 12.1 Å². The van der Waals surface area contributed by atoms with Crippen LogP contribution in [-0.2, 0) is 0 Å². The molecule has 2 unspecified atom stereocenters. The Morgan fingerprint density at radius 1 is 1.40 bits per heavy atom. The molecule has 2 atom stereocenters. The third-order valence-corrected chi connectivity index (χ3v) is 5.11. The standard InChI is InChI=1S/C14H19N3O2S/c1-20-13-5-3-2-4-9(13)16-10-7-11-12(6-8(10)15)19-14(18)17-11/h6-7,9,13,16H,2-5,15H2,1H3,(H,17,18). The monoisotopic (exact) mass is 293 g/mol. The summed E-state index contributed by atoms with van der Waals surface area (Å²) >= 11 is 1.91. The first-order chi connectivity index (χ1) is 9.67. The molecule has 6 heteroatoms. The number of fused-ring (bicyclic) bond motifs is 1.